The molecule has 2 aromatic heterocycles. The molecule has 2 N–H and O–H groups in total. The van der Waals surface area contributed by atoms with E-state index in [4.69, 9.17) is 17.3 Å². The molecular weight excluding hydrogens is 278 g/mol. The molecule has 0 spiro atoms. The molecule has 2 aromatic rings. The minimum Gasteiger partial charge on any atom is -0.329 e. The Hall–Kier alpha value is -0.940. The molecule has 0 radical (unpaired) electrons. The van der Waals surface area contributed by atoms with Crippen molar-refractivity contribution in [3.8, 4) is 0 Å². The van der Waals surface area contributed by atoms with Gasteiger partial charge < -0.3 is 5.73 Å². The van der Waals surface area contributed by atoms with Crippen molar-refractivity contribution in [1.29, 1.82) is 0 Å². The van der Waals surface area contributed by atoms with E-state index < -0.39 is 0 Å². The number of hydrogen-bond donors (Lipinski definition) is 1. The van der Waals surface area contributed by atoms with Gasteiger partial charge in [-0.25, -0.2) is 0 Å². The minimum absolute atomic E-state index is 0.223. The zero-order valence-corrected chi connectivity index (χ0v) is 12.5. The Kier molecular flexibility index (Phi) is 5.34. The predicted octanol–water partition coefficient (Wildman–Crippen LogP) is 2.97. The van der Waals surface area contributed by atoms with Crippen LogP contribution in [-0.2, 0) is 6.42 Å². The molecule has 0 aliphatic carbocycles. The Morgan fingerprint density at radius 3 is 2.89 bits per heavy atom. The lowest BCUT2D eigenvalue weighted by atomic mass is 10.2. The molecule has 0 bridgehead atoms. The third-order valence-corrected chi connectivity index (χ3v) is 4.50. The second-order valence-corrected chi connectivity index (χ2v) is 5.85. The average molecular weight is 296 g/mol. The molecule has 1 atom stereocenters. The highest BCUT2D eigenvalue weighted by molar-refractivity contribution is 7.10. The van der Waals surface area contributed by atoms with Crippen molar-refractivity contribution in [3.05, 3.63) is 51.4 Å². The first-order valence-electron chi connectivity index (χ1n) is 6.25. The summed E-state index contributed by atoms with van der Waals surface area (Å²) in [7, 11) is 2.09. The Bertz CT molecular complexity index is 500. The number of aromatic nitrogens is 1. The summed E-state index contributed by atoms with van der Waals surface area (Å²) in [5, 5.41) is 2.74. The zero-order chi connectivity index (χ0) is 13.7. The van der Waals surface area contributed by atoms with Gasteiger partial charge in [-0.05, 0) is 25.2 Å². The fourth-order valence-corrected chi connectivity index (χ4v) is 3.27. The van der Waals surface area contributed by atoms with E-state index in [1.165, 1.54) is 4.88 Å². The van der Waals surface area contributed by atoms with E-state index in [0.29, 0.717) is 6.54 Å². The van der Waals surface area contributed by atoms with Gasteiger partial charge in [-0.3, -0.25) is 9.88 Å². The van der Waals surface area contributed by atoms with Crippen LogP contribution >= 0.6 is 22.9 Å². The highest BCUT2D eigenvalue weighted by Gasteiger charge is 2.17. The first-order chi connectivity index (χ1) is 9.20. The van der Waals surface area contributed by atoms with Gasteiger partial charge in [-0.15, -0.1) is 11.3 Å². The summed E-state index contributed by atoms with van der Waals surface area (Å²) in [6, 6.07) is 8.22. The zero-order valence-electron chi connectivity index (χ0n) is 10.9. The van der Waals surface area contributed by atoms with Crippen LogP contribution in [0.5, 0.6) is 0 Å². The molecule has 0 aliphatic rings. The summed E-state index contributed by atoms with van der Waals surface area (Å²) in [5.41, 5.74) is 7.00. The quantitative estimate of drug-likeness (QED) is 0.891. The third kappa shape index (κ3) is 4.01. The maximum absolute atomic E-state index is 5.98. The van der Waals surface area contributed by atoms with Gasteiger partial charge in [0.15, 0.2) is 0 Å². The number of nitrogens with two attached hydrogens (primary N) is 1. The molecule has 0 amide bonds. The molecule has 2 heterocycles. The van der Waals surface area contributed by atoms with Gasteiger partial charge in [-0.2, -0.15) is 0 Å². The fourth-order valence-electron chi connectivity index (χ4n) is 2.01. The Labute approximate surface area is 123 Å². The van der Waals surface area contributed by atoms with Gasteiger partial charge in [0.25, 0.3) is 0 Å². The van der Waals surface area contributed by atoms with Crippen LogP contribution in [0.4, 0.5) is 0 Å². The molecule has 0 saturated carbocycles. The van der Waals surface area contributed by atoms with E-state index in [-0.39, 0.29) is 6.04 Å². The molecule has 102 valence electrons. The van der Waals surface area contributed by atoms with Crippen molar-refractivity contribution >= 4 is 22.9 Å². The Balaban J connectivity index is 1.96. The average Bonchev–Trinajstić information content (AvgIpc) is 2.85. The van der Waals surface area contributed by atoms with Gasteiger partial charge in [0.2, 0.25) is 0 Å². The molecule has 2 rings (SSSR count). The van der Waals surface area contributed by atoms with Crippen molar-refractivity contribution in [2.24, 2.45) is 5.73 Å². The molecule has 0 saturated heterocycles. The lowest BCUT2D eigenvalue weighted by Crippen LogP contribution is -2.31. The molecule has 0 aromatic carbocycles. The van der Waals surface area contributed by atoms with E-state index in [1.54, 1.807) is 11.3 Å². The van der Waals surface area contributed by atoms with E-state index >= 15 is 0 Å². The Morgan fingerprint density at radius 1 is 1.47 bits per heavy atom. The molecule has 0 aliphatic heterocycles. The second-order valence-electron chi connectivity index (χ2n) is 4.47. The summed E-state index contributed by atoms with van der Waals surface area (Å²) in [4.78, 5) is 7.82. The second kappa shape index (κ2) is 7.01. The lowest BCUT2D eigenvalue weighted by molar-refractivity contribution is 0.256. The van der Waals surface area contributed by atoms with E-state index in [0.717, 1.165) is 23.7 Å². The van der Waals surface area contributed by atoms with Gasteiger partial charge in [-0.1, -0.05) is 17.7 Å². The normalized spacial score (nSPS) is 12.8. The minimum atomic E-state index is 0.223. The molecule has 3 nitrogen and oxygen atoms in total. The van der Waals surface area contributed by atoms with Crippen LogP contribution < -0.4 is 5.73 Å². The van der Waals surface area contributed by atoms with Crippen molar-refractivity contribution < 1.29 is 0 Å². The van der Waals surface area contributed by atoms with Gasteiger partial charge in [0, 0.05) is 41.7 Å². The smallest absolute Gasteiger partial charge is 0.0562 e. The van der Waals surface area contributed by atoms with Crippen LogP contribution in [0.1, 0.15) is 16.6 Å². The van der Waals surface area contributed by atoms with Crippen LogP contribution in [0, 0.1) is 0 Å². The number of nitrogens with zero attached hydrogens (tertiary/aromatic N) is 2. The molecule has 1 unspecified atom stereocenters. The van der Waals surface area contributed by atoms with Gasteiger partial charge in [0.05, 0.1) is 11.1 Å². The van der Waals surface area contributed by atoms with E-state index in [2.05, 4.69) is 16.9 Å². The lowest BCUT2D eigenvalue weighted by Gasteiger charge is -2.25. The first kappa shape index (κ1) is 14.5. The van der Waals surface area contributed by atoms with Crippen molar-refractivity contribution in [3.63, 3.8) is 0 Å². The van der Waals surface area contributed by atoms with Crippen molar-refractivity contribution in [2.45, 2.75) is 12.5 Å². The summed E-state index contributed by atoms with van der Waals surface area (Å²) in [6.45, 7) is 1.52. The third-order valence-electron chi connectivity index (χ3n) is 3.12. The number of rotatable bonds is 6. The molecule has 5 heteroatoms. The number of thiophene rings is 1. The summed E-state index contributed by atoms with van der Waals surface area (Å²) < 4.78 is 0. The van der Waals surface area contributed by atoms with Crippen molar-refractivity contribution in [1.82, 2.24) is 9.88 Å². The highest BCUT2D eigenvalue weighted by atomic mass is 35.5. The van der Waals surface area contributed by atoms with Crippen molar-refractivity contribution in [2.75, 3.05) is 20.1 Å². The maximum Gasteiger partial charge on any atom is 0.0562 e. The SMILES string of the molecule is CN(CCc1ccccn1)C(CN)c1cc(Cl)cs1. The van der Waals surface area contributed by atoms with E-state index in [9.17, 15) is 0 Å². The maximum atomic E-state index is 5.98. The van der Waals surface area contributed by atoms with Crippen LogP contribution in [0.25, 0.3) is 0 Å². The van der Waals surface area contributed by atoms with Crippen LogP contribution in [0.3, 0.4) is 0 Å². The van der Waals surface area contributed by atoms with Crippen LogP contribution in [-0.4, -0.2) is 30.0 Å². The predicted molar refractivity (Wildman–Crippen MR) is 81.7 cm³/mol. The molecule has 0 fully saturated rings. The van der Waals surface area contributed by atoms with Gasteiger partial charge in [0.1, 0.15) is 0 Å². The van der Waals surface area contributed by atoms with Gasteiger partial charge >= 0.3 is 0 Å². The summed E-state index contributed by atoms with van der Waals surface area (Å²) >= 11 is 7.64. The largest absolute Gasteiger partial charge is 0.329 e. The molecular formula is C14H18ClN3S. The standard InChI is InChI=1S/C14H18ClN3S/c1-18(7-5-12-4-2-3-6-17-12)13(9-16)14-8-11(15)10-19-14/h2-4,6,8,10,13H,5,7,9,16H2,1H3. The highest BCUT2D eigenvalue weighted by Crippen LogP contribution is 2.28. The number of pyridine rings is 1. The van der Waals surface area contributed by atoms with Crippen LogP contribution in [0.15, 0.2) is 35.8 Å². The molecule has 19 heavy (non-hydrogen) atoms. The summed E-state index contributed by atoms with van der Waals surface area (Å²) in [5.74, 6) is 0. The Morgan fingerprint density at radius 2 is 2.32 bits per heavy atom. The topological polar surface area (TPSA) is 42.2 Å². The number of likely N-dealkylation sites (N-methyl/N-ethyl adjacent to an activating group) is 1. The fraction of sp³-hybridized carbons (Fsp3) is 0.357. The first-order valence-corrected chi connectivity index (χ1v) is 7.50. The number of hydrogen-bond acceptors (Lipinski definition) is 4. The monoisotopic (exact) mass is 295 g/mol. The summed E-state index contributed by atoms with van der Waals surface area (Å²) in [6.07, 6.45) is 2.75. The van der Waals surface area contributed by atoms with E-state index in [1.807, 2.05) is 35.8 Å². The number of halogens is 1. The van der Waals surface area contributed by atoms with Crippen LogP contribution in [0.2, 0.25) is 5.02 Å².